The monoisotopic (exact) mass is 338 g/mol. The predicted molar refractivity (Wildman–Crippen MR) is 93.7 cm³/mol. The number of aromatic amines is 1. The molecular formula is C18H18N4O3. The summed E-state index contributed by atoms with van der Waals surface area (Å²) in [7, 11) is 3.14. The molecule has 0 saturated heterocycles. The average molecular weight is 338 g/mol. The van der Waals surface area contributed by atoms with Crippen molar-refractivity contribution >= 4 is 16.8 Å². The molecule has 3 rings (SSSR count). The van der Waals surface area contributed by atoms with Crippen molar-refractivity contribution in [3.8, 4) is 5.75 Å². The van der Waals surface area contributed by atoms with Crippen LogP contribution in [-0.2, 0) is 6.54 Å². The molecule has 0 saturated carbocycles. The fourth-order valence-electron chi connectivity index (χ4n) is 2.59. The molecule has 3 aromatic rings. The first-order chi connectivity index (χ1) is 12.0. The van der Waals surface area contributed by atoms with Gasteiger partial charge in [-0.25, -0.2) is 4.98 Å². The van der Waals surface area contributed by atoms with E-state index in [9.17, 15) is 9.59 Å². The van der Waals surface area contributed by atoms with Crippen molar-refractivity contribution in [2.45, 2.75) is 13.5 Å². The van der Waals surface area contributed by atoms with Crippen LogP contribution in [0.2, 0.25) is 0 Å². The van der Waals surface area contributed by atoms with Crippen LogP contribution in [0.3, 0.4) is 0 Å². The molecule has 7 nitrogen and oxygen atoms in total. The van der Waals surface area contributed by atoms with Crippen LogP contribution in [0.5, 0.6) is 5.75 Å². The van der Waals surface area contributed by atoms with E-state index in [1.807, 2.05) is 6.07 Å². The predicted octanol–water partition coefficient (Wildman–Crippen LogP) is 1.91. The molecule has 0 unspecified atom stereocenters. The van der Waals surface area contributed by atoms with Crippen LogP contribution in [0.15, 0.2) is 41.3 Å². The van der Waals surface area contributed by atoms with Gasteiger partial charge >= 0.3 is 0 Å². The average Bonchev–Trinajstić information content (AvgIpc) is 2.61. The van der Waals surface area contributed by atoms with Gasteiger partial charge in [-0.3, -0.25) is 14.6 Å². The summed E-state index contributed by atoms with van der Waals surface area (Å²) in [6, 6.07) is 8.76. The van der Waals surface area contributed by atoms with Crippen molar-refractivity contribution in [1.29, 1.82) is 0 Å². The number of amides is 1. The quantitative estimate of drug-likeness (QED) is 0.785. The molecule has 0 atom stereocenters. The molecule has 0 aliphatic rings. The molecule has 0 radical (unpaired) electrons. The van der Waals surface area contributed by atoms with E-state index in [0.717, 1.165) is 5.69 Å². The third kappa shape index (κ3) is 3.35. The van der Waals surface area contributed by atoms with E-state index in [2.05, 4.69) is 15.0 Å². The molecule has 25 heavy (non-hydrogen) atoms. The highest BCUT2D eigenvalue weighted by Gasteiger charge is 2.18. The first-order valence-corrected chi connectivity index (χ1v) is 7.73. The number of aryl methyl sites for hydroxylation is 1. The second-order valence-electron chi connectivity index (χ2n) is 5.72. The summed E-state index contributed by atoms with van der Waals surface area (Å²) < 4.78 is 5.22. The van der Waals surface area contributed by atoms with Crippen molar-refractivity contribution in [2.75, 3.05) is 14.2 Å². The fourth-order valence-corrected chi connectivity index (χ4v) is 2.59. The maximum Gasteiger partial charge on any atom is 0.258 e. The second kappa shape index (κ2) is 6.72. The number of hydrogen-bond acceptors (Lipinski definition) is 5. The zero-order valence-corrected chi connectivity index (χ0v) is 14.2. The van der Waals surface area contributed by atoms with E-state index < -0.39 is 0 Å². The van der Waals surface area contributed by atoms with E-state index >= 15 is 0 Å². The van der Waals surface area contributed by atoms with Gasteiger partial charge in [-0.1, -0.05) is 12.1 Å². The summed E-state index contributed by atoms with van der Waals surface area (Å²) in [6.45, 7) is 1.97. The molecular weight excluding hydrogens is 320 g/mol. The van der Waals surface area contributed by atoms with Gasteiger partial charge in [0.25, 0.3) is 11.5 Å². The van der Waals surface area contributed by atoms with Gasteiger partial charge in [0.2, 0.25) is 0 Å². The molecule has 1 aromatic carbocycles. The Bertz CT molecular complexity index is 997. The number of pyridine rings is 1. The van der Waals surface area contributed by atoms with Crippen molar-refractivity contribution in [1.82, 2.24) is 19.9 Å². The Hall–Kier alpha value is -3.22. The lowest BCUT2D eigenvalue weighted by Crippen LogP contribution is -2.28. The summed E-state index contributed by atoms with van der Waals surface area (Å²) in [5, 5.41) is 0.520. The number of aromatic nitrogens is 3. The number of carbonyl (C=O) groups excluding carboxylic acids is 1. The first kappa shape index (κ1) is 16.6. The minimum Gasteiger partial charge on any atom is -0.494 e. The minimum absolute atomic E-state index is 0.170. The maximum atomic E-state index is 12.7. The van der Waals surface area contributed by atoms with Crippen LogP contribution in [-0.4, -0.2) is 39.9 Å². The Labute approximate surface area is 144 Å². The van der Waals surface area contributed by atoms with Crippen molar-refractivity contribution in [2.24, 2.45) is 0 Å². The number of rotatable bonds is 4. The molecule has 2 heterocycles. The zero-order chi connectivity index (χ0) is 18.0. The summed E-state index contributed by atoms with van der Waals surface area (Å²) in [5.41, 5.74) is 1.51. The lowest BCUT2D eigenvalue weighted by atomic mass is 10.2. The van der Waals surface area contributed by atoms with Crippen LogP contribution in [0.1, 0.15) is 21.9 Å². The van der Waals surface area contributed by atoms with Crippen LogP contribution in [0, 0.1) is 6.92 Å². The Morgan fingerprint density at radius 1 is 1.32 bits per heavy atom. The second-order valence-corrected chi connectivity index (χ2v) is 5.72. The molecule has 2 aromatic heterocycles. The molecule has 0 aliphatic heterocycles. The van der Waals surface area contributed by atoms with Gasteiger partial charge in [-0.2, -0.15) is 0 Å². The van der Waals surface area contributed by atoms with Crippen molar-refractivity contribution < 1.29 is 9.53 Å². The smallest absolute Gasteiger partial charge is 0.258 e. The lowest BCUT2D eigenvalue weighted by molar-refractivity contribution is 0.0778. The number of para-hydroxylation sites is 1. The molecule has 0 bridgehead atoms. The SMILES string of the molecule is COc1cnc(C)cc1C(=O)N(C)Cc1nc2ccccc2c(=O)[nH]1. The maximum absolute atomic E-state index is 12.7. The van der Waals surface area contributed by atoms with E-state index in [1.165, 1.54) is 18.2 Å². The fraction of sp³-hybridized carbons (Fsp3) is 0.222. The Kier molecular flexibility index (Phi) is 4.47. The van der Waals surface area contributed by atoms with E-state index in [4.69, 9.17) is 4.74 Å². The molecule has 0 spiro atoms. The lowest BCUT2D eigenvalue weighted by Gasteiger charge is -2.18. The van der Waals surface area contributed by atoms with Gasteiger partial charge in [-0.05, 0) is 25.1 Å². The summed E-state index contributed by atoms with van der Waals surface area (Å²) in [5.74, 6) is 0.588. The highest BCUT2D eigenvalue weighted by atomic mass is 16.5. The van der Waals surface area contributed by atoms with Gasteiger partial charge in [0.05, 0.1) is 36.3 Å². The van der Waals surface area contributed by atoms with E-state index in [-0.39, 0.29) is 18.0 Å². The molecule has 0 fully saturated rings. The summed E-state index contributed by atoms with van der Waals surface area (Å²) >= 11 is 0. The summed E-state index contributed by atoms with van der Waals surface area (Å²) in [4.78, 5) is 37.6. The zero-order valence-electron chi connectivity index (χ0n) is 14.2. The van der Waals surface area contributed by atoms with Gasteiger partial charge in [0.15, 0.2) is 0 Å². The third-order valence-corrected chi connectivity index (χ3v) is 3.85. The standard InChI is InChI=1S/C18H18N4O3/c1-11-8-13(15(25-3)9-19-11)18(24)22(2)10-16-20-14-7-5-4-6-12(14)17(23)21-16/h4-9H,10H2,1-3H3,(H,20,21,23). The molecule has 7 heteroatoms. The van der Waals surface area contributed by atoms with Crippen LogP contribution < -0.4 is 10.3 Å². The van der Waals surface area contributed by atoms with E-state index in [0.29, 0.717) is 28.0 Å². The van der Waals surface area contributed by atoms with Gasteiger partial charge < -0.3 is 14.6 Å². The highest BCUT2D eigenvalue weighted by Crippen LogP contribution is 2.19. The van der Waals surface area contributed by atoms with Crippen molar-refractivity contribution in [3.05, 3.63) is 64.0 Å². The normalized spacial score (nSPS) is 10.7. The molecule has 1 amide bonds. The van der Waals surface area contributed by atoms with Crippen LogP contribution in [0.4, 0.5) is 0 Å². The largest absolute Gasteiger partial charge is 0.494 e. The number of H-pyrrole nitrogens is 1. The van der Waals surface area contributed by atoms with Gasteiger partial charge in [0, 0.05) is 12.7 Å². The topological polar surface area (TPSA) is 88.2 Å². The molecule has 1 N–H and O–H groups in total. The van der Waals surface area contributed by atoms with Crippen LogP contribution in [0.25, 0.3) is 10.9 Å². The molecule has 128 valence electrons. The van der Waals surface area contributed by atoms with Crippen molar-refractivity contribution in [3.63, 3.8) is 0 Å². The number of benzene rings is 1. The Morgan fingerprint density at radius 2 is 2.08 bits per heavy atom. The number of carbonyl (C=O) groups is 1. The number of fused-ring (bicyclic) bond motifs is 1. The number of nitrogens with one attached hydrogen (secondary N) is 1. The third-order valence-electron chi connectivity index (χ3n) is 3.85. The van der Waals surface area contributed by atoms with Gasteiger partial charge in [-0.15, -0.1) is 0 Å². The Morgan fingerprint density at radius 3 is 2.84 bits per heavy atom. The number of nitrogens with zero attached hydrogens (tertiary/aromatic N) is 3. The van der Waals surface area contributed by atoms with Crippen LogP contribution >= 0.6 is 0 Å². The van der Waals surface area contributed by atoms with Gasteiger partial charge in [0.1, 0.15) is 11.6 Å². The molecule has 0 aliphatic carbocycles. The minimum atomic E-state index is -0.238. The Balaban J connectivity index is 1.90. The summed E-state index contributed by atoms with van der Waals surface area (Å²) in [6.07, 6.45) is 1.52. The first-order valence-electron chi connectivity index (χ1n) is 7.73. The number of methoxy groups -OCH3 is 1. The number of hydrogen-bond donors (Lipinski definition) is 1. The highest BCUT2D eigenvalue weighted by molar-refractivity contribution is 5.96. The van der Waals surface area contributed by atoms with E-state index in [1.54, 1.807) is 38.2 Å². The number of ether oxygens (including phenoxy) is 1.